The van der Waals surface area contributed by atoms with Crippen LogP contribution in [0.4, 0.5) is 0 Å². The van der Waals surface area contributed by atoms with Crippen molar-refractivity contribution in [1.29, 1.82) is 0 Å². The first-order valence-corrected chi connectivity index (χ1v) is 3.42. The molecule has 0 radical (unpaired) electrons. The van der Waals surface area contributed by atoms with Crippen LogP contribution in [0.3, 0.4) is 0 Å². The molecule has 1 nitrogen and oxygen atoms in total. The van der Waals surface area contributed by atoms with E-state index in [0.29, 0.717) is 0 Å². The van der Waals surface area contributed by atoms with Crippen molar-refractivity contribution in [2.45, 2.75) is 26.3 Å². The first-order valence-electron chi connectivity index (χ1n) is 3.42. The van der Waals surface area contributed by atoms with Crippen molar-refractivity contribution in [2.75, 3.05) is 13.6 Å². The van der Waals surface area contributed by atoms with E-state index in [0.717, 1.165) is 12.0 Å². The average Bonchev–Trinajstić information content (AvgIpc) is 1.98. The van der Waals surface area contributed by atoms with Gasteiger partial charge in [-0.25, -0.2) is 0 Å². The van der Waals surface area contributed by atoms with Gasteiger partial charge in [0.05, 0.1) is 0 Å². The van der Waals surface area contributed by atoms with Crippen LogP contribution in [0.5, 0.6) is 0 Å². The van der Waals surface area contributed by atoms with E-state index in [4.69, 9.17) is 0 Å². The molecule has 0 aromatic rings. The van der Waals surface area contributed by atoms with Gasteiger partial charge in [0.25, 0.3) is 0 Å². The summed E-state index contributed by atoms with van der Waals surface area (Å²) in [6.07, 6.45) is 1.39. The molecule has 8 heavy (non-hydrogen) atoms. The van der Waals surface area contributed by atoms with Crippen LogP contribution in [-0.2, 0) is 0 Å². The molecule has 0 aromatic heterocycles. The zero-order valence-corrected chi connectivity index (χ0v) is 6.02. The molecule has 1 saturated heterocycles. The van der Waals surface area contributed by atoms with Crippen LogP contribution in [0.1, 0.15) is 20.3 Å². The first kappa shape index (κ1) is 6.09. The van der Waals surface area contributed by atoms with Crippen LogP contribution in [0, 0.1) is 5.92 Å². The Bertz CT molecular complexity index is 70.5. The Balaban J connectivity index is 2.44. The Morgan fingerprint density at radius 2 is 2.00 bits per heavy atom. The zero-order valence-electron chi connectivity index (χ0n) is 6.02. The van der Waals surface area contributed by atoms with Gasteiger partial charge in [0.2, 0.25) is 0 Å². The van der Waals surface area contributed by atoms with Crippen LogP contribution < -0.4 is 0 Å². The highest BCUT2D eigenvalue weighted by molar-refractivity contribution is 4.77. The molecule has 1 heteroatoms. The molecular formula is C7H15N. The normalized spacial score (nSPS) is 40.9. The fourth-order valence-corrected chi connectivity index (χ4v) is 1.29. The van der Waals surface area contributed by atoms with Gasteiger partial charge < -0.3 is 4.90 Å². The molecule has 0 aliphatic carbocycles. The lowest BCUT2D eigenvalue weighted by Gasteiger charge is -2.16. The summed E-state index contributed by atoms with van der Waals surface area (Å²) in [5.41, 5.74) is 0. The second-order valence-electron chi connectivity index (χ2n) is 2.99. The lowest BCUT2D eigenvalue weighted by molar-refractivity contribution is 0.301. The number of likely N-dealkylation sites (tertiary alicyclic amines) is 1. The summed E-state index contributed by atoms with van der Waals surface area (Å²) < 4.78 is 0. The van der Waals surface area contributed by atoms with Crippen molar-refractivity contribution in [1.82, 2.24) is 4.90 Å². The van der Waals surface area contributed by atoms with Gasteiger partial charge in [-0.3, -0.25) is 0 Å². The standard InChI is InChI=1S/C7H15N/c1-6-4-5-8(3)7(6)2/h6-7H,4-5H2,1-3H3/t6-,7?/m0/s1. The summed E-state index contributed by atoms with van der Waals surface area (Å²) in [4.78, 5) is 2.42. The Kier molecular flexibility index (Phi) is 1.57. The number of rotatable bonds is 0. The summed E-state index contributed by atoms with van der Waals surface area (Å²) in [6.45, 7) is 5.92. The van der Waals surface area contributed by atoms with Gasteiger partial charge in [-0.1, -0.05) is 6.92 Å². The Labute approximate surface area is 51.7 Å². The highest BCUT2D eigenvalue weighted by Crippen LogP contribution is 2.20. The van der Waals surface area contributed by atoms with Gasteiger partial charge in [0.15, 0.2) is 0 Å². The summed E-state index contributed by atoms with van der Waals surface area (Å²) in [5.74, 6) is 0.917. The van der Waals surface area contributed by atoms with Crippen molar-refractivity contribution < 1.29 is 0 Å². The minimum Gasteiger partial charge on any atom is -0.303 e. The number of hydrogen-bond acceptors (Lipinski definition) is 1. The summed E-state index contributed by atoms with van der Waals surface area (Å²) in [6, 6.07) is 0.815. The highest BCUT2D eigenvalue weighted by atomic mass is 15.1. The predicted octanol–water partition coefficient (Wildman–Crippen LogP) is 1.35. The van der Waals surface area contributed by atoms with Crippen LogP contribution in [0.15, 0.2) is 0 Å². The van der Waals surface area contributed by atoms with E-state index < -0.39 is 0 Å². The third kappa shape index (κ3) is 0.873. The van der Waals surface area contributed by atoms with Gasteiger partial charge in [-0.2, -0.15) is 0 Å². The number of nitrogens with zero attached hydrogens (tertiary/aromatic N) is 1. The van der Waals surface area contributed by atoms with Crippen molar-refractivity contribution >= 4 is 0 Å². The second kappa shape index (κ2) is 2.06. The van der Waals surface area contributed by atoms with Gasteiger partial charge in [0.1, 0.15) is 0 Å². The molecule has 1 aliphatic rings. The Hall–Kier alpha value is -0.0400. The van der Waals surface area contributed by atoms with Crippen molar-refractivity contribution in [2.24, 2.45) is 5.92 Å². The van der Waals surface area contributed by atoms with E-state index in [2.05, 4.69) is 25.8 Å². The lowest BCUT2D eigenvalue weighted by atomic mass is 10.1. The fourth-order valence-electron chi connectivity index (χ4n) is 1.29. The molecule has 1 heterocycles. The van der Waals surface area contributed by atoms with Crippen LogP contribution in [0.25, 0.3) is 0 Å². The van der Waals surface area contributed by atoms with Gasteiger partial charge in [-0.15, -0.1) is 0 Å². The zero-order chi connectivity index (χ0) is 6.15. The molecule has 48 valence electrons. The third-order valence-corrected chi connectivity index (χ3v) is 2.46. The molecule has 1 rings (SSSR count). The maximum absolute atomic E-state index is 2.42. The monoisotopic (exact) mass is 113 g/mol. The van der Waals surface area contributed by atoms with E-state index in [1.165, 1.54) is 13.0 Å². The smallest absolute Gasteiger partial charge is 0.00899 e. The number of hydrogen-bond donors (Lipinski definition) is 0. The van der Waals surface area contributed by atoms with E-state index in [-0.39, 0.29) is 0 Å². The Morgan fingerprint density at radius 3 is 2.12 bits per heavy atom. The van der Waals surface area contributed by atoms with Crippen molar-refractivity contribution in [3.8, 4) is 0 Å². The third-order valence-electron chi connectivity index (χ3n) is 2.46. The highest BCUT2D eigenvalue weighted by Gasteiger charge is 2.23. The minimum absolute atomic E-state index is 0.815. The first-order chi connectivity index (χ1) is 3.72. The summed E-state index contributed by atoms with van der Waals surface area (Å²) in [5, 5.41) is 0. The molecule has 0 bridgehead atoms. The molecule has 0 amide bonds. The van der Waals surface area contributed by atoms with Crippen LogP contribution in [0.2, 0.25) is 0 Å². The van der Waals surface area contributed by atoms with Gasteiger partial charge >= 0.3 is 0 Å². The average molecular weight is 113 g/mol. The molecular weight excluding hydrogens is 98.1 g/mol. The van der Waals surface area contributed by atoms with E-state index >= 15 is 0 Å². The maximum Gasteiger partial charge on any atom is 0.00899 e. The molecule has 2 atom stereocenters. The molecule has 1 unspecified atom stereocenters. The lowest BCUT2D eigenvalue weighted by Crippen LogP contribution is -2.24. The molecule has 0 aromatic carbocycles. The maximum atomic E-state index is 2.42. The fraction of sp³-hybridized carbons (Fsp3) is 1.00. The van der Waals surface area contributed by atoms with E-state index in [9.17, 15) is 0 Å². The van der Waals surface area contributed by atoms with E-state index in [1.807, 2.05) is 0 Å². The van der Waals surface area contributed by atoms with Crippen molar-refractivity contribution in [3.63, 3.8) is 0 Å². The summed E-state index contributed by atoms with van der Waals surface area (Å²) >= 11 is 0. The van der Waals surface area contributed by atoms with Gasteiger partial charge in [0, 0.05) is 6.04 Å². The minimum atomic E-state index is 0.815. The topological polar surface area (TPSA) is 3.24 Å². The SMILES string of the molecule is CC1[C@@H](C)CCN1C. The molecule has 0 N–H and O–H groups in total. The molecule has 1 aliphatic heterocycles. The molecule has 1 fully saturated rings. The largest absolute Gasteiger partial charge is 0.303 e. The van der Waals surface area contributed by atoms with Crippen LogP contribution >= 0.6 is 0 Å². The van der Waals surface area contributed by atoms with Gasteiger partial charge in [-0.05, 0) is 32.9 Å². The van der Waals surface area contributed by atoms with Crippen LogP contribution in [-0.4, -0.2) is 24.5 Å². The predicted molar refractivity (Wildman–Crippen MR) is 35.9 cm³/mol. The van der Waals surface area contributed by atoms with E-state index in [1.54, 1.807) is 0 Å². The quantitative estimate of drug-likeness (QED) is 0.458. The second-order valence-corrected chi connectivity index (χ2v) is 2.99. The van der Waals surface area contributed by atoms with Crippen molar-refractivity contribution in [3.05, 3.63) is 0 Å². The molecule has 0 saturated carbocycles. The summed E-state index contributed by atoms with van der Waals surface area (Å²) in [7, 11) is 2.20. The molecule has 0 spiro atoms. The Morgan fingerprint density at radius 1 is 1.38 bits per heavy atom.